The monoisotopic (exact) mass is 497 g/mol. The quantitative estimate of drug-likeness (QED) is 0.465. The molecule has 1 N–H and O–H groups in total. The second kappa shape index (κ2) is 11.3. The highest BCUT2D eigenvalue weighted by Crippen LogP contribution is 2.22. The highest BCUT2D eigenvalue weighted by atomic mass is 32.2. The minimum atomic E-state index is -3.94. The molecular formula is C26H31N3O5S. The van der Waals surface area contributed by atoms with Crippen LogP contribution in [0.15, 0.2) is 71.6 Å². The van der Waals surface area contributed by atoms with Crippen LogP contribution in [0.1, 0.15) is 18.9 Å². The number of sulfonamides is 1. The highest BCUT2D eigenvalue weighted by molar-refractivity contribution is 7.89. The van der Waals surface area contributed by atoms with Gasteiger partial charge in [-0.2, -0.15) is 4.31 Å². The maximum atomic E-state index is 13.4. The molecule has 0 saturated carbocycles. The summed E-state index contributed by atoms with van der Waals surface area (Å²) in [7, 11) is 0.492. The lowest BCUT2D eigenvalue weighted by atomic mass is 10.1. The summed E-state index contributed by atoms with van der Waals surface area (Å²) in [5, 5.41) is 4.31. The second-order valence-corrected chi connectivity index (χ2v) is 10.2. The Morgan fingerprint density at radius 3 is 2.37 bits per heavy atom. The van der Waals surface area contributed by atoms with Crippen molar-refractivity contribution in [3.8, 4) is 5.75 Å². The molecule has 3 aromatic rings. The van der Waals surface area contributed by atoms with Crippen molar-refractivity contribution in [1.29, 1.82) is 0 Å². The molecule has 0 aliphatic carbocycles. The lowest BCUT2D eigenvalue weighted by Crippen LogP contribution is -2.51. The zero-order chi connectivity index (χ0) is 25.6. The maximum Gasteiger partial charge on any atom is 0.243 e. The molecule has 186 valence electrons. The first-order valence-electron chi connectivity index (χ1n) is 11.3. The standard InChI is InChI=1S/C26H31N3O5S/c1-5-24(26(31)27-2)29(17-19-9-8-12-22(15-19)34-4)25(30)18-28(3)35(32,33)23-14-13-20-10-6-7-11-21(20)16-23/h6-16,24H,5,17-18H2,1-4H3,(H,27,31)/t24-/m0/s1. The van der Waals surface area contributed by atoms with Crippen LogP contribution in [0.5, 0.6) is 5.75 Å². The summed E-state index contributed by atoms with van der Waals surface area (Å²) < 4.78 is 32.8. The molecule has 0 saturated heterocycles. The number of carbonyl (C=O) groups excluding carboxylic acids is 2. The van der Waals surface area contributed by atoms with Crippen molar-refractivity contribution in [3.63, 3.8) is 0 Å². The van der Waals surface area contributed by atoms with Crippen molar-refractivity contribution >= 4 is 32.6 Å². The number of rotatable bonds is 10. The van der Waals surface area contributed by atoms with E-state index >= 15 is 0 Å². The molecule has 0 radical (unpaired) electrons. The van der Waals surface area contributed by atoms with Gasteiger partial charge in [0, 0.05) is 20.6 Å². The van der Waals surface area contributed by atoms with Crippen LogP contribution in [0.25, 0.3) is 10.8 Å². The molecule has 0 aliphatic heterocycles. The van der Waals surface area contributed by atoms with E-state index in [0.717, 1.165) is 20.6 Å². The molecule has 0 bridgehead atoms. The molecule has 0 spiro atoms. The zero-order valence-electron chi connectivity index (χ0n) is 20.4. The van der Waals surface area contributed by atoms with Crippen LogP contribution >= 0.6 is 0 Å². The molecular weight excluding hydrogens is 466 g/mol. The summed E-state index contributed by atoms with van der Waals surface area (Å²) in [6.07, 6.45) is 0.372. The van der Waals surface area contributed by atoms with Gasteiger partial charge in [-0.25, -0.2) is 8.42 Å². The van der Waals surface area contributed by atoms with E-state index in [2.05, 4.69) is 5.32 Å². The number of amides is 2. The van der Waals surface area contributed by atoms with Crippen molar-refractivity contribution in [1.82, 2.24) is 14.5 Å². The number of carbonyl (C=O) groups is 2. The topological polar surface area (TPSA) is 96.0 Å². The van der Waals surface area contributed by atoms with Crippen molar-refractivity contribution < 1.29 is 22.7 Å². The second-order valence-electron chi connectivity index (χ2n) is 8.18. The fourth-order valence-corrected chi connectivity index (χ4v) is 5.08. The van der Waals surface area contributed by atoms with Gasteiger partial charge < -0.3 is 15.0 Å². The van der Waals surface area contributed by atoms with Crippen molar-refractivity contribution in [3.05, 3.63) is 72.3 Å². The Labute approximate surface area is 206 Å². The number of nitrogens with zero attached hydrogens (tertiary/aromatic N) is 2. The van der Waals surface area contributed by atoms with Crippen LogP contribution in [0.2, 0.25) is 0 Å². The van der Waals surface area contributed by atoms with Gasteiger partial charge in [-0.3, -0.25) is 9.59 Å². The maximum absolute atomic E-state index is 13.4. The molecule has 2 amide bonds. The summed E-state index contributed by atoms with van der Waals surface area (Å²) in [6, 6.07) is 18.8. The van der Waals surface area contributed by atoms with E-state index in [1.165, 1.54) is 25.1 Å². The van der Waals surface area contributed by atoms with E-state index in [9.17, 15) is 18.0 Å². The van der Waals surface area contributed by atoms with Crippen LogP contribution in [-0.4, -0.2) is 63.2 Å². The first kappa shape index (κ1) is 26.2. The van der Waals surface area contributed by atoms with Gasteiger partial charge in [-0.1, -0.05) is 49.4 Å². The minimum Gasteiger partial charge on any atom is -0.497 e. The Balaban J connectivity index is 1.88. The Morgan fingerprint density at radius 2 is 1.71 bits per heavy atom. The van der Waals surface area contributed by atoms with Crippen LogP contribution in [0, 0.1) is 0 Å². The Hall–Kier alpha value is -3.43. The van der Waals surface area contributed by atoms with E-state index in [0.29, 0.717) is 12.2 Å². The third kappa shape index (κ3) is 5.98. The first-order chi connectivity index (χ1) is 16.7. The molecule has 3 aromatic carbocycles. The van der Waals surface area contributed by atoms with Crippen molar-refractivity contribution in [2.45, 2.75) is 30.8 Å². The normalized spacial score (nSPS) is 12.4. The molecule has 0 aliphatic rings. The summed E-state index contributed by atoms with van der Waals surface area (Å²) in [4.78, 5) is 27.5. The minimum absolute atomic E-state index is 0.101. The Kier molecular flexibility index (Phi) is 8.48. The average Bonchev–Trinajstić information content (AvgIpc) is 2.87. The van der Waals surface area contributed by atoms with Crippen LogP contribution in [0.4, 0.5) is 0 Å². The van der Waals surface area contributed by atoms with Crippen molar-refractivity contribution in [2.24, 2.45) is 0 Å². The van der Waals surface area contributed by atoms with E-state index in [1.54, 1.807) is 44.4 Å². The van der Waals surface area contributed by atoms with Gasteiger partial charge in [-0.15, -0.1) is 0 Å². The Bertz CT molecular complexity index is 1310. The SMILES string of the molecule is CC[C@@H](C(=O)NC)N(Cc1cccc(OC)c1)C(=O)CN(C)S(=O)(=O)c1ccc2ccccc2c1. The van der Waals surface area contributed by atoms with Crippen molar-refractivity contribution in [2.75, 3.05) is 27.7 Å². The summed E-state index contributed by atoms with van der Waals surface area (Å²) in [5.41, 5.74) is 0.764. The average molecular weight is 498 g/mol. The number of nitrogens with one attached hydrogen (secondary N) is 1. The zero-order valence-corrected chi connectivity index (χ0v) is 21.2. The van der Waals surface area contributed by atoms with Gasteiger partial charge in [0.1, 0.15) is 11.8 Å². The van der Waals surface area contributed by atoms with Gasteiger partial charge in [0.2, 0.25) is 21.8 Å². The molecule has 35 heavy (non-hydrogen) atoms. The number of hydrogen-bond donors (Lipinski definition) is 1. The molecule has 3 rings (SSSR count). The summed E-state index contributed by atoms with van der Waals surface area (Å²) >= 11 is 0. The number of ether oxygens (including phenoxy) is 1. The smallest absolute Gasteiger partial charge is 0.243 e. The van der Waals surface area contributed by atoms with Gasteiger partial charge in [0.25, 0.3) is 0 Å². The molecule has 0 unspecified atom stereocenters. The predicted octanol–water partition coefficient (Wildman–Crippen LogP) is 3.02. The largest absolute Gasteiger partial charge is 0.497 e. The molecule has 1 atom stereocenters. The van der Waals surface area contributed by atoms with Gasteiger partial charge in [-0.05, 0) is 47.0 Å². The number of likely N-dealkylation sites (N-methyl/N-ethyl adjacent to an activating group) is 2. The van der Waals surface area contributed by atoms with Crippen LogP contribution in [-0.2, 0) is 26.2 Å². The third-order valence-corrected chi connectivity index (χ3v) is 7.71. The molecule has 8 nitrogen and oxygen atoms in total. The van der Waals surface area contributed by atoms with Crippen LogP contribution < -0.4 is 10.1 Å². The lowest BCUT2D eigenvalue weighted by Gasteiger charge is -2.31. The van der Waals surface area contributed by atoms with E-state index in [-0.39, 0.29) is 17.3 Å². The molecule has 0 heterocycles. The fourth-order valence-electron chi connectivity index (χ4n) is 3.93. The van der Waals surface area contributed by atoms with E-state index < -0.39 is 28.5 Å². The van der Waals surface area contributed by atoms with Gasteiger partial charge in [0.15, 0.2) is 0 Å². The Morgan fingerprint density at radius 1 is 1.00 bits per heavy atom. The highest BCUT2D eigenvalue weighted by Gasteiger charge is 2.31. The molecule has 0 fully saturated rings. The van der Waals surface area contributed by atoms with Crippen LogP contribution in [0.3, 0.4) is 0 Å². The number of fused-ring (bicyclic) bond motifs is 1. The molecule has 9 heteroatoms. The van der Waals surface area contributed by atoms with E-state index in [1.807, 2.05) is 30.3 Å². The summed E-state index contributed by atoms with van der Waals surface area (Å²) in [5.74, 6) is -0.169. The lowest BCUT2D eigenvalue weighted by molar-refractivity contribution is -0.141. The summed E-state index contributed by atoms with van der Waals surface area (Å²) in [6.45, 7) is 1.53. The third-order valence-electron chi connectivity index (χ3n) is 5.91. The fraction of sp³-hybridized carbons (Fsp3) is 0.308. The molecule has 0 aromatic heterocycles. The number of benzene rings is 3. The van der Waals surface area contributed by atoms with E-state index in [4.69, 9.17) is 4.74 Å². The van der Waals surface area contributed by atoms with Gasteiger partial charge >= 0.3 is 0 Å². The number of hydrogen-bond acceptors (Lipinski definition) is 5. The first-order valence-corrected chi connectivity index (χ1v) is 12.7. The van der Waals surface area contributed by atoms with Gasteiger partial charge in [0.05, 0.1) is 18.6 Å². The predicted molar refractivity (Wildman–Crippen MR) is 135 cm³/mol. The number of methoxy groups -OCH3 is 1.